The fourth-order valence-electron chi connectivity index (χ4n) is 1.19. The van der Waals surface area contributed by atoms with Gasteiger partial charge in [-0.3, -0.25) is 0 Å². The van der Waals surface area contributed by atoms with Crippen LogP contribution in [0.2, 0.25) is 0 Å². The highest BCUT2D eigenvalue weighted by Gasteiger charge is 2.14. The van der Waals surface area contributed by atoms with Crippen molar-refractivity contribution < 1.29 is 0 Å². The molecule has 1 saturated heterocycles. The first-order valence-electron chi connectivity index (χ1n) is 3.69. The van der Waals surface area contributed by atoms with Gasteiger partial charge < -0.3 is 10.6 Å². The summed E-state index contributed by atoms with van der Waals surface area (Å²) in [5.41, 5.74) is 0. The van der Waals surface area contributed by atoms with Crippen LogP contribution in [0.3, 0.4) is 0 Å². The van der Waals surface area contributed by atoms with Crippen LogP contribution < -0.4 is 10.6 Å². The first-order valence-corrected chi connectivity index (χ1v) is 4.46. The number of nitrogens with zero attached hydrogens (tertiary/aromatic N) is 2. The molecule has 0 spiro atoms. The second kappa shape index (κ2) is 3.15. The van der Waals surface area contributed by atoms with Gasteiger partial charge in [0.25, 0.3) is 0 Å². The highest BCUT2D eigenvalue weighted by atomic mass is 32.1. The number of anilines is 1. The number of hydrogen-bond acceptors (Lipinski definition) is 5. The van der Waals surface area contributed by atoms with Crippen molar-refractivity contribution >= 4 is 16.7 Å². The highest BCUT2D eigenvalue weighted by Crippen LogP contribution is 2.11. The van der Waals surface area contributed by atoms with Crippen LogP contribution in [0.4, 0.5) is 5.13 Å². The molecule has 0 radical (unpaired) electrons. The zero-order chi connectivity index (χ0) is 7.52. The minimum absolute atomic E-state index is 0.544. The standard InChI is InChI=1S/C6H10N4S/c1-2-7-3-5(1)10-6-8-4-9-11-6/h4-5,7H,1-3H2,(H,8,9,10). The zero-order valence-corrected chi connectivity index (χ0v) is 6.90. The van der Waals surface area contributed by atoms with E-state index in [0.29, 0.717) is 6.04 Å². The summed E-state index contributed by atoms with van der Waals surface area (Å²) in [5, 5.41) is 7.51. The second-order valence-electron chi connectivity index (χ2n) is 2.58. The van der Waals surface area contributed by atoms with Crippen LogP contribution in [0.5, 0.6) is 0 Å². The SMILES string of the molecule is c1nsc(NC2CCNC2)n1. The van der Waals surface area contributed by atoms with Gasteiger partial charge >= 0.3 is 0 Å². The summed E-state index contributed by atoms with van der Waals surface area (Å²) in [6, 6.07) is 0.544. The van der Waals surface area contributed by atoms with E-state index in [1.165, 1.54) is 18.0 Å². The van der Waals surface area contributed by atoms with E-state index in [-0.39, 0.29) is 0 Å². The second-order valence-corrected chi connectivity index (χ2v) is 3.36. The van der Waals surface area contributed by atoms with Gasteiger partial charge in [0.15, 0.2) is 0 Å². The van der Waals surface area contributed by atoms with Crippen LogP contribution in [0.25, 0.3) is 0 Å². The quantitative estimate of drug-likeness (QED) is 0.671. The van der Waals surface area contributed by atoms with E-state index >= 15 is 0 Å². The van der Waals surface area contributed by atoms with Gasteiger partial charge in [0.1, 0.15) is 6.33 Å². The summed E-state index contributed by atoms with van der Waals surface area (Å²) < 4.78 is 3.91. The molecule has 60 valence electrons. The molecule has 5 heteroatoms. The molecule has 1 aromatic rings. The van der Waals surface area contributed by atoms with Gasteiger partial charge in [-0.2, -0.15) is 4.37 Å². The molecule has 0 aliphatic carbocycles. The van der Waals surface area contributed by atoms with E-state index in [2.05, 4.69) is 20.0 Å². The van der Waals surface area contributed by atoms with Crippen LogP contribution in [0, 0.1) is 0 Å². The third-order valence-corrected chi connectivity index (χ3v) is 2.35. The monoisotopic (exact) mass is 170 g/mol. The predicted molar refractivity (Wildman–Crippen MR) is 44.8 cm³/mol. The molecule has 0 amide bonds. The van der Waals surface area contributed by atoms with Gasteiger partial charge in [-0.1, -0.05) is 0 Å². The van der Waals surface area contributed by atoms with Crippen LogP contribution >= 0.6 is 11.5 Å². The van der Waals surface area contributed by atoms with Crippen molar-refractivity contribution in [1.29, 1.82) is 0 Å². The topological polar surface area (TPSA) is 49.8 Å². The first kappa shape index (κ1) is 7.00. The van der Waals surface area contributed by atoms with Crippen molar-refractivity contribution in [2.75, 3.05) is 18.4 Å². The van der Waals surface area contributed by atoms with E-state index in [1.54, 1.807) is 6.33 Å². The molecule has 0 aromatic carbocycles. The maximum Gasteiger partial charge on any atom is 0.202 e. The summed E-state index contributed by atoms with van der Waals surface area (Å²) in [5.74, 6) is 0. The molecular weight excluding hydrogens is 160 g/mol. The maximum absolute atomic E-state index is 4.05. The van der Waals surface area contributed by atoms with Crippen molar-refractivity contribution in [3.8, 4) is 0 Å². The fourth-order valence-corrected chi connectivity index (χ4v) is 1.70. The third kappa shape index (κ3) is 1.66. The lowest BCUT2D eigenvalue weighted by Gasteiger charge is -2.07. The van der Waals surface area contributed by atoms with Crippen molar-refractivity contribution in [3.05, 3.63) is 6.33 Å². The van der Waals surface area contributed by atoms with Gasteiger partial charge in [-0.25, -0.2) is 4.98 Å². The molecule has 1 aromatic heterocycles. The molecule has 2 heterocycles. The Hall–Kier alpha value is -0.680. The Kier molecular flexibility index (Phi) is 2.00. The molecule has 1 atom stereocenters. The molecule has 1 fully saturated rings. The molecule has 2 N–H and O–H groups in total. The lowest BCUT2D eigenvalue weighted by Crippen LogP contribution is -2.21. The van der Waals surface area contributed by atoms with Crippen LogP contribution in [0.1, 0.15) is 6.42 Å². The smallest absolute Gasteiger partial charge is 0.202 e. The van der Waals surface area contributed by atoms with E-state index in [0.717, 1.165) is 18.2 Å². The van der Waals surface area contributed by atoms with Gasteiger partial charge in [-0.15, -0.1) is 0 Å². The Morgan fingerprint density at radius 3 is 3.36 bits per heavy atom. The Morgan fingerprint density at radius 1 is 1.73 bits per heavy atom. The average molecular weight is 170 g/mol. The van der Waals surface area contributed by atoms with E-state index in [1.807, 2.05) is 0 Å². The lowest BCUT2D eigenvalue weighted by molar-refractivity contribution is 0.792. The van der Waals surface area contributed by atoms with E-state index in [9.17, 15) is 0 Å². The van der Waals surface area contributed by atoms with Gasteiger partial charge in [0, 0.05) is 24.1 Å². The molecule has 4 nitrogen and oxygen atoms in total. The van der Waals surface area contributed by atoms with Crippen molar-refractivity contribution in [2.24, 2.45) is 0 Å². The average Bonchev–Trinajstić information content (AvgIpc) is 2.60. The van der Waals surface area contributed by atoms with Crippen LogP contribution in [0.15, 0.2) is 6.33 Å². The van der Waals surface area contributed by atoms with Crippen LogP contribution in [-0.4, -0.2) is 28.5 Å². The highest BCUT2D eigenvalue weighted by molar-refractivity contribution is 7.09. The Labute approximate surface area is 69.2 Å². The minimum Gasteiger partial charge on any atom is -0.356 e. The van der Waals surface area contributed by atoms with Crippen LogP contribution in [-0.2, 0) is 0 Å². The van der Waals surface area contributed by atoms with Crippen molar-refractivity contribution in [1.82, 2.24) is 14.7 Å². The third-order valence-electron chi connectivity index (χ3n) is 1.75. The Morgan fingerprint density at radius 2 is 2.73 bits per heavy atom. The maximum atomic E-state index is 4.05. The number of hydrogen-bond donors (Lipinski definition) is 2. The van der Waals surface area contributed by atoms with E-state index < -0.39 is 0 Å². The normalized spacial score (nSPS) is 23.8. The fraction of sp³-hybridized carbons (Fsp3) is 0.667. The summed E-state index contributed by atoms with van der Waals surface area (Å²) in [6.07, 6.45) is 2.76. The van der Waals surface area contributed by atoms with Gasteiger partial charge in [0.2, 0.25) is 5.13 Å². The molecular formula is C6H10N4S. The zero-order valence-electron chi connectivity index (χ0n) is 6.08. The number of nitrogens with one attached hydrogen (secondary N) is 2. The predicted octanol–water partition coefficient (Wildman–Crippen LogP) is 0.312. The molecule has 0 saturated carbocycles. The molecule has 1 aliphatic heterocycles. The van der Waals surface area contributed by atoms with Gasteiger partial charge in [0.05, 0.1) is 0 Å². The minimum atomic E-state index is 0.544. The summed E-state index contributed by atoms with van der Waals surface area (Å²) in [4.78, 5) is 4.05. The van der Waals surface area contributed by atoms with Crippen molar-refractivity contribution in [3.63, 3.8) is 0 Å². The Bertz CT molecular complexity index is 204. The molecule has 2 rings (SSSR count). The number of rotatable bonds is 2. The molecule has 11 heavy (non-hydrogen) atoms. The van der Waals surface area contributed by atoms with Gasteiger partial charge in [-0.05, 0) is 13.0 Å². The summed E-state index contributed by atoms with van der Waals surface area (Å²) in [7, 11) is 0. The Balaban J connectivity index is 1.90. The summed E-state index contributed by atoms with van der Waals surface area (Å²) >= 11 is 1.41. The van der Waals surface area contributed by atoms with Crippen molar-refractivity contribution in [2.45, 2.75) is 12.5 Å². The largest absolute Gasteiger partial charge is 0.356 e. The molecule has 1 aliphatic rings. The molecule has 0 bridgehead atoms. The lowest BCUT2D eigenvalue weighted by atomic mass is 10.3. The number of aromatic nitrogens is 2. The first-order chi connectivity index (χ1) is 5.45. The molecule has 1 unspecified atom stereocenters. The summed E-state index contributed by atoms with van der Waals surface area (Å²) in [6.45, 7) is 2.15. The van der Waals surface area contributed by atoms with E-state index in [4.69, 9.17) is 0 Å².